The molecular formula is C19H18ClNO5. The molecule has 2 rings (SSSR count). The summed E-state index contributed by atoms with van der Waals surface area (Å²) in [6.07, 6.45) is 2.97. The third-order valence-electron chi connectivity index (χ3n) is 3.49. The Bertz CT molecular complexity index is 831. The lowest BCUT2D eigenvalue weighted by Gasteiger charge is -2.06. The quantitative estimate of drug-likeness (QED) is 0.574. The van der Waals surface area contributed by atoms with Crippen LogP contribution < -0.4 is 14.8 Å². The second-order valence-corrected chi connectivity index (χ2v) is 5.64. The number of ether oxygens (including phenoxy) is 2. The molecule has 0 atom stereocenters. The second-order valence-electron chi connectivity index (χ2n) is 5.24. The van der Waals surface area contributed by atoms with E-state index in [0.29, 0.717) is 16.9 Å². The highest BCUT2D eigenvalue weighted by Gasteiger charge is 2.08. The average molecular weight is 376 g/mol. The molecule has 0 spiro atoms. The standard InChI is InChI=1S/C19H18ClNO5/c1-21-18(23)11-26-14-6-4-13(5-7-14)16(22)8-3-12-9-15(20)19(24)17(10-12)25-2/h3-10,24H,11H2,1-2H3,(H,21,23)/b8-3+. The van der Waals surface area contributed by atoms with Gasteiger partial charge in [0.05, 0.1) is 12.1 Å². The van der Waals surface area contributed by atoms with Crippen molar-refractivity contribution in [3.05, 3.63) is 58.6 Å². The highest BCUT2D eigenvalue weighted by molar-refractivity contribution is 6.32. The van der Waals surface area contributed by atoms with Gasteiger partial charge in [-0.25, -0.2) is 0 Å². The summed E-state index contributed by atoms with van der Waals surface area (Å²) in [7, 11) is 2.94. The molecule has 1 amide bonds. The second kappa shape index (κ2) is 8.92. The summed E-state index contributed by atoms with van der Waals surface area (Å²) >= 11 is 5.92. The number of rotatable bonds is 7. The van der Waals surface area contributed by atoms with Gasteiger partial charge in [0.2, 0.25) is 0 Å². The van der Waals surface area contributed by atoms with Crippen molar-refractivity contribution in [1.82, 2.24) is 5.32 Å². The van der Waals surface area contributed by atoms with E-state index in [9.17, 15) is 14.7 Å². The van der Waals surface area contributed by atoms with Crippen LogP contribution in [0.3, 0.4) is 0 Å². The predicted octanol–water partition coefficient (Wildman–Crippen LogP) is 3.08. The van der Waals surface area contributed by atoms with Crippen molar-refractivity contribution in [2.75, 3.05) is 20.8 Å². The lowest BCUT2D eigenvalue weighted by molar-refractivity contribution is -0.122. The summed E-state index contributed by atoms with van der Waals surface area (Å²) in [5.74, 6) is 0.110. The number of ketones is 1. The van der Waals surface area contributed by atoms with E-state index >= 15 is 0 Å². The number of allylic oxidation sites excluding steroid dienone is 1. The zero-order valence-electron chi connectivity index (χ0n) is 14.3. The molecule has 0 saturated carbocycles. The van der Waals surface area contributed by atoms with Gasteiger partial charge in [-0.05, 0) is 48.0 Å². The number of amides is 1. The van der Waals surface area contributed by atoms with Crippen molar-refractivity contribution < 1.29 is 24.2 Å². The van der Waals surface area contributed by atoms with Gasteiger partial charge >= 0.3 is 0 Å². The van der Waals surface area contributed by atoms with Crippen LogP contribution in [-0.4, -0.2) is 37.6 Å². The Balaban J connectivity index is 2.06. The molecule has 2 N–H and O–H groups in total. The SMILES string of the molecule is CNC(=O)COc1ccc(C(=O)/C=C/c2cc(Cl)c(O)c(OC)c2)cc1. The van der Waals surface area contributed by atoms with Crippen LogP contribution in [0.5, 0.6) is 17.2 Å². The van der Waals surface area contributed by atoms with E-state index in [1.54, 1.807) is 36.4 Å². The van der Waals surface area contributed by atoms with Crippen LogP contribution in [0.1, 0.15) is 15.9 Å². The average Bonchev–Trinajstić information content (AvgIpc) is 2.66. The van der Waals surface area contributed by atoms with Crippen LogP contribution in [0.15, 0.2) is 42.5 Å². The van der Waals surface area contributed by atoms with Crippen molar-refractivity contribution in [3.8, 4) is 17.2 Å². The number of phenolic OH excluding ortho intramolecular Hbond substituents is 1. The molecule has 0 unspecified atom stereocenters. The maximum Gasteiger partial charge on any atom is 0.257 e. The fraction of sp³-hybridized carbons (Fsp3) is 0.158. The Kier molecular flexibility index (Phi) is 6.63. The predicted molar refractivity (Wildman–Crippen MR) is 99.0 cm³/mol. The Hall–Kier alpha value is -2.99. The number of phenols is 1. The van der Waals surface area contributed by atoms with Crippen molar-refractivity contribution in [2.45, 2.75) is 0 Å². The molecule has 0 bridgehead atoms. The van der Waals surface area contributed by atoms with Crippen molar-refractivity contribution in [2.24, 2.45) is 0 Å². The minimum absolute atomic E-state index is 0.0901. The van der Waals surface area contributed by atoms with Gasteiger partial charge in [-0.2, -0.15) is 0 Å². The van der Waals surface area contributed by atoms with Crippen LogP contribution in [0, 0.1) is 0 Å². The molecule has 0 aromatic heterocycles. The van der Waals surface area contributed by atoms with Gasteiger partial charge in [0.1, 0.15) is 5.75 Å². The number of carbonyl (C=O) groups excluding carboxylic acids is 2. The van der Waals surface area contributed by atoms with Crippen LogP contribution in [0.4, 0.5) is 0 Å². The number of methoxy groups -OCH3 is 1. The monoisotopic (exact) mass is 375 g/mol. The number of benzene rings is 2. The first-order valence-corrected chi connectivity index (χ1v) is 8.04. The third kappa shape index (κ3) is 5.00. The molecule has 7 heteroatoms. The van der Waals surface area contributed by atoms with E-state index in [2.05, 4.69) is 5.32 Å². The van der Waals surface area contributed by atoms with Gasteiger partial charge in [0, 0.05) is 12.6 Å². The Labute approximate surface area is 156 Å². The van der Waals surface area contributed by atoms with Gasteiger partial charge in [0.15, 0.2) is 23.9 Å². The molecule has 6 nitrogen and oxygen atoms in total. The number of hydrogen-bond donors (Lipinski definition) is 2. The Morgan fingerprint density at radius 2 is 1.92 bits per heavy atom. The topological polar surface area (TPSA) is 84.9 Å². The van der Waals surface area contributed by atoms with Gasteiger partial charge < -0.3 is 19.9 Å². The number of hydrogen-bond acceptors (Lipinski definition) is 5. The number of halogens is 1. The van der Waals surface area contributed by atoms with Crippen LogP contribution >= 0.6 is 11.6 Å². The molecule has 0 aliphatic rings. The smallest absolute Gasteiger partial charge is 0.257 e. The minimum atomic E-state index is -0.240. The molecule has 0 heterocycles. The van der Waals surface area contributed by atoms with Gasteiger partial charge in [-0.3, -0.25) is 9.59 Å². The first-order chi connectivity index (χ1) is 12.4. The summed E-state index contributed by atoms with van der Waals surface area (Å²) in [4.78, 5) is 23.4. The van der Waals surface area contributed by atoms with Crippen molar-refractivity contribution in [3.63, 3.8) is 0 Å². The summed E-state index contributed by atoms with van der Waals surface area (Å²) in [6.45, 7) is -0.0901. The zero-order valence-corrected chi connectivity index (χ0v) is 15.0. The summed E-state index contributed by atoms with van der Waals surface area (Å²) in [5.41, 5.74) is 1.08. The van der Waals surface area contributed by atoms with Crippen LogP contribution in [0.25, 0.3) is 6.08 Å². The minimum Gasteiger partial charge on any atom is -0.503 e. The lowest BCUT2D eigenvalue weighted by Crippen LogP contribution is -2.24. The fourth-order valence-electron chi connectivity index (χ4n) is 2.05. The van der Waals surface area contributed by atoms with Gasteiger partial charge in [0.25, 0.3) is 5.91 Å². The molecule has 0 saturated heterocycles. The summed E-state index contributed by atoms with van der Waals surface area (Å²) < 4.78 is 10.3. The van der Waals surface area contributed by atoms with Crippen LogP contribution in [-0.2, 0) is 4.79 Å². The first-order valence-electron chi connectivity index (χ1n) is 7.67. The van der Waals surface area contributed by atoms with Crippen LogP contribution in [0.2, 0.25) is 5.02 Å². The van der Waals surface area contributed by atoms with E-state index in [4.69, 9.17) is 21.1 Å². The molecule has 2 aromatic carbocycles. The van der Waals surface area contributed by atoms with Gasteiger partial charge in [-0.15, -0.1) is 0 Å². The molecule has 136 valence electrons. The Morgan fingerprint density at radius 1 is 1.23 bits per heavy atom. The highest BCUT2D eigenvalue weighted by atomic mass is 35.5. The molecule has 0 fully saturated rings. The van der Waals surface area contributed by atoms with E-state index in [-0.39, 0.29) is 34.8 Å². The molecule has 0 aliphatic carbocycles. The lowest BCUT2D eigenvalue weighted by atomic mass is 10.1. The number of nitrogens with one attached hydrogen (secondary N) is 1. The summed E-state index contributed by atoms with van der Waals surface area (Å²) in [5, 5.41) is 12.3. The van der Waals surface area contributed by atoms with Gasteiger partial charge in [-0.1, -0.05) is 17.7 Å². The third-order valence-corrected chi connectivity index (χ3v) is 3.77. The number of likely N-dealkylation sites (N-methyl/N-ethyl adjacent to an activating group) is 1. The largest absolute Gasteiger partial charge is 0.503 e. The van der Waals surface area contributed by atoms with E-state index < -0.39 is 0 Å². The normalized spacial score (nSPS) is 10.6. The van der Waals surface area contributed by atoms with E-state index in [0.717, 1.165) is 0 Å². The highest BCUT2D eigenvalue weighted by Crippen LogP contribution is 2.35. The zero-order chi connectivity index (χ0) is 19.1. The van der Waals surface area contributed by atoms with Crippen molar-refractivity contribution in [1.29, 1.82) is 0 Å². The maximum absolute atomic E-state index is 12.2. The first kappa shape index (κ1) is 19.3. The maximum atomic E-state index is 12.2. The number of aromatic hydroxyl groups is 1. The molecule has 26 heavy (non-hydrogen) atoms. The summed E-state index contributed by atoms with van der Waals surface area (Å²) in [6, 6.07) is 9.54. The van der Waals surface area contributed by atoms with E-state index in [1.807, 2.05) is 0 Å². The Morgan fingerprint density at radius 3 is 2.54 bits per heavy atom. The molecular weight excluding hydrogens is 358 g/mol. The molecule has 2 aromatic rings. The van der Waals surface area contributed by atoms with Crippen molar-refractivity contribution >= 4 is 29.4 Å². The molecule has 0 aliphatic heterocycles. The molecule has 0 radical (unpaired) electrons. The fourth-order valence-corrected chi connectivity index (χ4v) is 2.27. The van der Waals surface area contributed by atoms with E-state index in [1.165, 1.54) is 26.3 Å². The number of carbonyl (C=O) groups is 2.